The number of benzene rings is 1. The highest BCUT2D eigenvalue weighted by Crippen LogP contribution is 2.33. The number of fused-ring (bicyclic) bond motifs is 1. The summed E-state index contributed by atoms with van der Waals surface area (Å²) in [5.41, 5.74) is 3.95. The first-order valence-electron chi connectivity index (χ1n) is 8.78. The number of pyridine rings is 1. The van der Waals surface area contributed by atoms with Crippen LogP contribution in [0.4, 0.5) is 11.5 Å². The molecular weight excluding hydrogens is 326 g/mol. The van der Waals surface area contributed by atoms with Gasteiger partial charge in [-0.2, -0.15) is 0 Å². The fourth-order valence-corrected chi connectivity index (χ4v) is 3.49. The average molecular weight is 347 g/mol. The summed E-state index contributed by atoms with van der Waals surface area (Å²) in [6.45, 7) is 4.65. The summed E-state index contributed by atoms with van der Waals surface area (Å²) >= 11 is 0. The van der Waals surface area contributed by atoms with Gasteiger partial charge < -0.3 is 14.6 Å². The molecule has 5 heteroatoms. The molecule has 0 saturated heterocycles. The number of hydrogen-bond acceptors (Lipinski definition) is 4. The molecule has 3 aromatic rings. The molecule has 1 N–H and O–H groups in total. The first-order valence-corrected chi connectivity index (χ1v) is 8.78. The lowest BCUT2D eigenvalue weighted by Gasteiger charge is -2.24. The number of hydrogen-bond donors (Lipinski definition) is 1. The Morgan fingerprint density at radius 3 is 2.92 bits per heavy atom. The first-order chi connectivity index (χ1) is 12.6. The number of carbonyl (C=O) groups is 1. The van der Waals surface area contributed by atoms with Crippen molar-refractivity contribution in [1.29, 1.82) is 0 Å². The number of amides is 1. The second-order valence-corrected chi connectivity index (χ2v) is 6.69. The third-order valence-corrected chi connectivity index (χ3v) is 4.78. The van der Waals surface area contributed by atoms with Crippen molar-refractivity contribution in [2.24, 2.45) is 0 Å². The van der Waals surface area contributed by atoms with Crippen molar-refractivity contribution in [3.8, 4) is 0 Å². The summed E-state index contributed by atoms with van der Waals surface area (Å²) in [5, 5.41) is 2.85. The molecule has 1 aromatic carbocycles. The van der Waals surface area contributed by atoms with Crippen molar-refractivity contribution < 1.29 is 9.21 Å². The molecule has 4 rings (SSSR count). The SMILES string of the molecule is Cc1cccc(NC(=O)c2ccoc2CN2c3ccccc3CC2C)n1. The molecule has 26 heavy (non-hydrogen) atoms. The van der Waals surface area contributed by atoms with E-state index in [1.807, 2.05) is 25.1 Å². The first kappa shape index (κ1) is 16.4. The molecule has 0 fully saturated rings. The number of carbonyl (C=O) groups excluding carboxylic acids is 1. The number of aromatic nitrogens is 1. The lowest BCUT2D eigenvalue weighted by atomic mass is 10.1. The van der Waals surface area contributed by atoms with Gasteiger partial charge in [0.2, 0.25) is 0 Å². The van der Waals surface area contributed by atoms with Crippen LogP contribution in [0.25, 0.3) is 0 Å². The minimum atomic E-state index is -0.202. The van der Waals surface area contributed by atoms with E-state index in [2.05, 4.69) is 40.3 Å². The van der Waals surface area contributed by atoms with E-state index in [4.69, 9.17) is 4.42 Å². The summed E-state index contributed by atoms with van der Waals surface area (Å²) in [7, 11) is 0. The van der Waals surface area contributed by atoms with Crippen LogP contribution in [0.2, 0.25) is 0 Å². The maximum Gasteiger partial charge on any atom is 0.260 e. The number of nitrogens with zero attached hydrogens (tertiary/aromatic N) is 2. The molecule has 1 aliphatic rings. The highest BCUT2D eigenvalue weighted by molar-refractivity contribution is 6.04. The van der Waals surface area contributed by atoms with Crippen LogP contribution in [0.1, 0.15) is 34.3 Å². The molecule has 132 valence electrons. The van der Waals surface area contributed by atoms with Crippen LogP contribution in [-0.2, 0) is 13.0 Å². The van der Waals surface area contributed by atoms with Gasteiger partial charge in [-0.1, -0.05) is 24.3 Å². The minimum Gasteiger partial charge on any atom is -0.467 e. The van der Waals surface area contributed by atoms with Gasteiger partial charge in [-0.25, -0.2) is 4.98 Å². The zero-order valence-corrected chi connectivity index (χ0v) is 14.9. The fourth-order valence-electron chi connectivity index (χ4n) is 3.49. The Labute approximate surface area is 152 Å². The van der Waals surface area contributed by atoms with Gasteiger partial charge >= 0.3 is 0 Å². The van der Waals surface area contributed by atoms with Crippen molar-refractivity contribution in [2.75, 3.05) is 10.2 Å². The van der Waals surface area contributed by atoms with E-state index in [0.29, 0.717) is 29.7 Å². The number of aryl methyl sites for hydroxylation is 1. The van der Waals surface area contributed by atoms with E-state index in [1.54, 1.807) is 18.4 Å². The minimum absolute atomic E-state index is 0.202. The third-order valence-electron chi connectivity index (χ3n) is 4.78. The summed E-state index contributed by atoms with van der Waals surface area (Å²) in [4.78, 5) is 19.3. The van der Waals surface area contributed by atoms with E-state index in [1.165, 1.54) is 11.3 Å². The number of rotatable bonds is 4. The maximum atomic E-state index is 12.7. The van der Waals surface area contributed by atoms with Crippen LogP contribution < -0.4 is 10.2 Å². The molecule has 0 radical (unpaired) electrons. The van der Waals surface area contributed by atoms with Gasteiger partial charge in [-0.05, 0) is 50.1 Å². The number of anilines is 2. The number of para-hydroxylation sites is 1. The molecule has 1 amide bonds. The van der Waals surface area contributed by atoms with Gasteiger partial charge in [0.15, 0.2) is 0 Å². The molecule has 2 aromatic heterocycles. The van der Waals surface area contributed by atoms with Crippen molar-refractivity contribution in [3.05, 3.63) is 77.4 Å². The smallest absolute Gasteiger partial charge is 0.260 e. The predicted octanol–water partition coefficient (Wildman–Crippen LogP) is 4.19. The normalized spacial score (nSPS) is 15.8. The molecule has 0 aliphatic carbocycles. The van der Waals surface area contributed by atoms with E-state index >= 15 is 0 Å². The molecule has 0 bridgehead atoms. The molecule has 5 nitrogen and oxygen atoms in total. The van der Waals surface area contributed by atoms with E-state index in [0.717, 1.165) is 12.1 Å². The van der Waals surface area contributed by atoms with Crippen molar-refractivity contribution in [2.45, 2.75) is 32.9 Å². The zero-order chi connectivity index (χ0) is 18.1. The summed E-state index contributed by atoms with van der Waals surface area (Å²) in [6.07, 6.45) is 2.58. The Kier molecular flexibility index (Phi) is 4.21. The lowest BCUT2D eigenvalue weighted by Crippen LogP contribution is -2.29. The molecule has 1 unspecified atom stereocenters. The monoisotopic (exact) mass is 347 g/mol. The van der Waals surface area contributed by atoms with Crippen LogP contribution >= 0.6 is 0 Å². The Bertz CT molecular complexity index is 948. The lowest BCUT2D eigenvalue weighted by molar-refractivity contribution is 0.102. The highest BCUT2D eigenvalue weighted by atomic mass is 16.3. The van der Waals surface area contributed by atoms with Crippen molar-refractivity contribution in [1.82, 2.24) is 4.98 Å². The Morgan fingerprint density at radius 2 is 2.08 bits per heavy atom. The summed E-state index contributed by atoms with van der Waals surface area (Å²) < 4.78 is 5.65. The second kappa shape index (κ2) is 6.67. The molecule has 1 atom stereocenters. The van der Waals surface area contributed by atoms with Crippen LogP contribution in [0.3, 0.4) is 0 Å². The largest absolute Gasteiger partial charge is 0.467 e. The molecule has 0 saturated carbocycles. The average Bonchev–Trinajstić information content (AvgIpc) is 3.20. The third kappa shape index (κ3) is 3.08. The maximum absolute atomic E-state index is 12.7. The number of furan rings is 1. The van der Waals surface area contributed by atoms with Crippen LogP contribution in [0, 0.1) is 6.92 Å². The zero-order valence-electron chi connectivity index (χ0n) is 14.9. The Balaban J connectivity index is 1.55. The number of nitrogens with one attached hydrogen (secondary N) is 1. The molecular formula is C21H21N3O2. The van der Waals surface area contributed by atoms with Crippen LogP contribution in [0.5, 0.6) is 0 Å². The quantitative estimate of drug-likeness (QED) is 0.769. The molecule has 1 aliphatic heterocycles. The van der Waals surface area contributed by atoms with Gasteiger partial charge in [0, 0.05) is 17.4 Å². The van der Waals surface area contributed by atoms with E-state index < -0.39 is 0 Å². The highest BCUT2D eigenvalue weighted by Gasteiger charge is 2.28. The summed E-state index contributed by atoms with van der Waals surface area (Å²) in [5.74, 6) is 1.01. The standard InChI is InChI=1S/C21H21N3O2/c1-14-6-5-9-20(22-14)23-21(25)17-10-11-26-19(17)13-24-15(2)12-16-7-3-4-8-18(16)24/h3-11,15H,12-13H2,1-2H3,(H,22,23,25). The van der Waals surface area contributed by atoms with Crippen LogP contribution in [0.15, 0.2) is 59.2 Å². The predicted molar refractivity (Wildman–Crippen MR) is 101 cm³/mol. The second-order valence-electron chi connectivity index (χ2n) is 6.69. The molecule has 0 spiro atoms. The van der Waals surface area contributed by atoms with Crippen molar-refractivity contribution >= 4 is 17.4 Å². The van der Waals surface area contributed by atoms with Crippen molar-refractivity contribution in [3.63, 3.8) is 0 Å². The van der Waals surface area contributed by atoms with Gasteiger partial charge in [0.25, 0.3) is 5.91 Å². The Hall–Kier alpha value is -3.08. The van der Waals surface area contributed by atoms with Gasteiger partial charge in [-0.15, -0.1) is 0 Å². The fraction of sp³-hybridized carbons (Fsp3) is 0.238. The van der Waals surface area contributed by atoms with Gasteiger partial charge in [0.1, 0.15) is 11.6 Å². The molecule has 3 heterocycles. The summed E-state index contributed by atoms with van der Waals surface area (Å²) in [6, 6.07) is 16.0. The van der Waals surface area contributed by atoms with E-state index in [9.17, 15) is 4.79 Å². The van der Waals surface area contributed by atoms with Gasteiger partial charge in [-0.3, -0.25) is 4.79 Å². The van der Waals surface area contributed by atoms with Gasteiger partial charge in [0.05, 0.1) is 18.4 Å². The topological polar surface area (TPSA) is 58.4 Å². The van der Waals surface area contributed by atoms with Crippen LogP contribution in [-0.4, -0.2) is 16.9 Å². The van der Waals surface area contributed by atoms with E-state index in [-0.39, 0.29) is 5.91 Å². The Morgan fingerprint density at radius 1 is 1.23 bits per heavy atom.